The molecule has 70 valence electrons. The summed E-state index contributed by atoms with van der Waals surface area (Å²) in [5.74, 6) is 0.134. The highest BCUT2D eigenvalue weighted by molar-refractivity contribution is 5.74. The minimum absolute atomic E-state index is 0.134. The van der Waals surface area contributed by atoms with Crippen molar-refractivity contribution < 1.29 is 9.53 Å². The second kappa shape index (κ2) is 3.05. The number of nitrogens with zero attached hydrogens (tertiary/aromatic N) is 1. The number of hydrogen-bond acceptors (Lipinski definition) is 2. The van der Waals surface area contributed by atoms with Crippen LogP contribution in [0, 0.1) is 0 Å². The van der Waals surface area contributed by atoms with Crippen LogP contribution in [0.25, 0.3) is 0 Å². The molecule has 0 N–H and O–H groups in total. The maximum absolute atomic E-state index is 11.2. The fourth-order valence-electron chi connectivity index (χ4n) is 1.54. The van der Waals surface area contributed by atoms with E-state index in [0.29, 0.717) is 13.2 Å². The Balaban J connectivity index is 2.72. The number of hydrogen-bond donors (Lipinski definition) is 0. The molecule has 0 radical (unpaired) electrons. The van der Waals surface area contributed by atoms with Gasteiger partial charge in [-0.1, -0.05) is 0 Å². The maximum Gasteiger partial charge on any atom is 0.220 e. The van der Waals surface area contributed by atoms with Crippen LogP contribution in [0.5, 0.6) is 0 Å². The molecular formula is C9H17NO2. The van der Waals surface area contributed by atoms with Gasteiger partial charge in [0.1, 0.15) is 0 Å². The monoisotopic (exact) mass is 171 g/mol. The fraction of sp³-hybridized carbons (Fsp3) is 0.889. The van der Waals surface area contributed by atoms with Crippen molar-refractivity contribution in [1.82, 2.24) is 4.90 Å². The number of carbonyl (C=O) groups excluding carboxylic acids is 1. The summed E-state index contributed by atoms with van der Waals surface area (Å²) in [6.07, 6.45) is 0.168. The van der Waals surface area contributed by atoms with Crippen molar-refractivity contribution >= 4 is 5.91 Å². The zero-order chi connectivity index (χ0) is 9.35. The van der Waals surface area contributed by atoms with Crippen molar-refractivity contribution in [3.8, 4) is 0 Å². The number of morpholine rings is 1. The van der Waals surface area contributed by atoms with E-state index in [-0.39, 0.29) is 17.6 Å². The van der Waals surface area contributed by atoms with Crippen molar-refractivity contribution in [3.63, 3.8) is 0 Å². The van der Waals surface area contributed by atoms with E-state index in [1.54, 1.807) is 6.92 Å². The van der Waals surface area contributed by atoms with E-state index < -0.39 is 0 Å². The van der Waals surface area contributed by atoms with Crippen LogP contribution >= 0.6 is 0 Å². The lowest BCUT2D eigenvalue weighted by atomic mass is 10.0. The Hall–Kier alpha value is -0.570. The van der Waals surface area contributed by atoms with E-state index >= 15 is 0 Å². The summed E-state index contributed by atoms with van der Waals surface area (Å²) < 4.78 is 5.48. The van der Waals surface area contributed by atoms with Gasteiger partial charge in [-0.2, -0.15) is 0 Å². The van der Waals surface area contributed by atoms with Gasteiger partial charge in [-0.25, -0.2) is 0 Å². The average molecular weight is 171 g/mol. The smallest absolute Gasteiger partial charge is 0.220 e. The first kappa shape index (κ1) is 9.52. The molecule has 1 fully saturated rings. The second-order valence-electron chi connectivity index (χ2n) is 4.06. The van der Waals surface area contributed by atoms with Crippen LogP contribution in [0.1, 0.15) is 27.7 Å². The largest absolute Gasteiger partial charge is 0.374 e. The first-order valence-electron chi connectivity index (χ1n) is 4.33. The van der Waals surface area contributed by atoms with E-state index in [2.05, 4.69) is 0 Å². The van der Waals surface area contributed by atoms with E-state index in [9.17, 15) is 4.79 Å². The van der Waals surface area contributed by atoms with Crippen LogP contribution in [0.3, 0.4) is 0 Å². The summed E-state index contributed by atoms with van der Waals surface area (Å²) >= 11 is 0. The standard InChI is InChI=1S/C9H17NO2/c1-7-5-10(8(2)11)9(3,4)6-12-7/h7H,5-6H2,1-4H3. The molecule has 12 heavy (non-hydrogen) atoms. The molecule has 1 aliphatic heterocycles. The molecule has 1 heterocycles. The van der Waals surface area contributed by atoms with Gasteiger partial charge < -0.3 is 9.64 Å². The van der Waals surface area contributed by atoms with Crippen molar-refractivity contribution in [2.24, 2.45) is 0 Å². The molecular weight excluding hydrogens is 154 g/mol. The Kier molecular flexibility index (Phi) is 2.42. The van der Waals surface area contributed by atoms with Crippen molar-refractivity contribution in [3.05, 3.63) is 0 Å². The zero-order valence-corrected chi connectivity index (χ0v) is 8.26. The number of rotatable bonds is 0. The van der Waals surface area contributed by atoms with Crippen LogP contribution in [0.4, 0.5) is 0 Å². The third-order valence-electron chi connectivity index (χ3n) is 2.27. The zero-order valence-electron chi connectivity index (χ0n) is 8.26. The Morgan fingerprint density at radius 2 is 2.17 bits per heavy atom. The van der Waals surface area contributed by atoms with Gasteiger partial charge in [0.05, 0.1) is 18.2 Å². The Labute approximate surface area is 73.7 Å². The summed E-state index contributed by atoms with van der Waals surface area (Å²) in [5, 5.41) is 0. The van der Waals surface area contributed by atoms with Gasteiger partial charge in [0.15, 0.2) is 0 Å². The third kappa shape index (κ3) is 1.78. The second-order valence-corrected chi connectivity index (χ2v) is 4.06. The van der Waals surface area contributed by atoms with Crippen molar-refractivity contribution in [2.45, 2.75) is 39.3 Å². The topological polar surface area (TPSA) is 29.5 Å². The number of ether oxygens (including phenoxy) is 1. The highest BCUT2D eigenvalue weighted by Crippen LogP contribution is 2.21. The highest BCUT2D eigenvalue weighted by Gasteiger charge is 2.34. The van der Waals surface area contributed by atoms with Gasteiger partial charge in [0, 0.05) is 13.5 Å². The lowest BCUT2D eigenvalue weighted by Gasteiger charge is -2.44. The lowest BCUT2D eigenvalue weighted by molar-refractivity contribution is -0.150. The predicted molar refractivity (Wildman–Crippen MR) is 46.9 cm³/mol. The van der Waals surface area contributed by atoms with Crippen LogP contribution < -0.4 is 0 Å². The van der Waals surface area contributed by atoms with E-state index in [4.69, 9.17) is 4.74 Å². The van der Waals surface area contributed by atoms with Gasteiger partial charge in [-0.05, 0) is 20.8 Å². The third-order valence-corrected chi connectivity index (χ3v) is 2.27. The minimum atomic E-state index is -0.141. The molecule has 0 saturated carbocycles. The molecule has 0 spiro atoms. The highest BCUT2D eigenvalue weighted by atomic mass is 16.5. The molecule has 0 bridgehead atoms. The first-order chi connectivity index (χ1) is 5.43. The summed E-state index contributed by atoms with van der Waals surface area (Å²) in [4.78, 5) is 13.1. The fourth-order valence-corrected chi connectivity index (χ4v) is 1.54. The van der Waals surface area contributed by atoms with Gasteiger partial charge in [-0.3, -0.25) is 4.79 Å². The summed E-state index contributed by atoms with van der Waals surface area (Å²) in [6, 6.07) is 0. The van der Waals surface area contributed by atoms with Gasteiger partial charge in [0.2, 0.25) is 5.91 Å². The quantitative estimate of drug-likeness (QED) is 0.545. The molecule has 1 unspecified atom stereocenters. The van der Waals surface area contributed by atoms with Crippen molar-refractivity contribution in [1.29, 1.82) is 0 Å². The van der Waals surface area contributed by atoms with Crippen LogP contribution in [0.15, 0.2) is 0 Å². The van der Waals surface area contributed by atoms with Gasteiger partial charge in [-0.15, -0.1) is 0 Å². The molecule has 1 atom stereocenters. The molecule has 1 rings (SSSR count). The SMILES string of the molecule is CC(=O)N1CC(C)OCC1(C)C. The summed E-state index contributed by atoms with van der Waals surface area (Å²) in [5.41, 5.74) is -0.141. The normalized spacial score (nSPS) is 28.7. The Morgan fingerprint density at radius 3 is 2.58 bits per heavy atom. The van der Waals surface area contributed by atoms with Gasteiger partial charge in [0.25, 0.3) is 0 Å². The molecule has 1 saturated heterocycles. The van der Waals surface area contributed by atoms with Crippen molar-refractivity contribution in [2.75, 3.05) is 13.2 Å². The van der Waals surface area contributed by atoms with Gasteiger partial charge >= 0.3 is 0 Å². The molecule has 0 aromatic rings. The number of amides is 1. The summed E-state index contributed by atoms with van der Waals surface area (Å²) in [7, 11) is 0. The van der Waals surface area contributed by atoms with E-state index in [0.717, 1.165) is 0 Å². The van der Waals surface area contributed by atoms with Crippen LogP contribution in [-0.4, -0.2) is 35.6 Å². The van der Waals surface area contributed by atoms with E-state index in [1.807, 2.05) is 25.7 Å². The average Bonchev–Trinajstić information content (AvgIpc) is 1.94. The number of carbonyl (C=O) groups is 1. The first-order valence-corrected chi connectivity index (χ1v) is 4.33. The molecule has 1 amide bonds. The Bertz CT molecular complexity index is 189. The lowest BCUT2D eigenvalue weighted by Crippen LogP contribution is -2.57. The van der Waals surface area contributed by atoms with Crippen LogP contribution in [0.2, 0.25) is 0 Å². The van der Waals surface area contributed by atoms with Crippen LogP contribution in [-0.2, 0) is 9.53 Å². The minimum Gasteiger partial charge on any atom is -0.374 e. The maximum atomic E-state index is 11.2. The van der Waals surface area contributed by atoms with E-state index in [1.165, 1.54) is 0 Å². The summed E-state index contributed by atoms with van der Waals surface area (Å²) in [6.45, 7) is 9.00. The molecule has 0 aliphatic carbocycles. The molecule has 0 aromatic carbocycles. The molecule has 1 aliphatic rings. The molecule has 3 heteroatoms. The predicted octanol–water partition coefficient (Wildman–Crippen LogP) is 1.03. The Morgan fingerprint density at radius 1 is 1.58 bits per heavy atom. The molecule has 0 aromatic heterocycles. The molecule has 3 nitrogen and oxygen atoms in total.